The van der Waals surface area contributed by atoms with Gasteiger partial charge in [0.15, 0.2) is 11.0 Å². The summed E-state index contributed by atoms with van der Waals surface area (Å²) in [5.74, 6) is 1.32. The van der Waals surface area contributed by atoms with Gasteiger partial charge >= 0.3 is 0 Å². The number of aliphatic hydroxyl groups excluding tert-OH is 1. The number of aliphatic hydroxyl groups is 1. The van der Waals surface area contributed by atoms with Gasteiger partial charge in [0.25, 0.3) is 0 Å². The SMILES string of the molecule is CCc1noc([C@H](C)Sc2ncc(CO)n2C)n1. The predicted molar refractivity (Wildman–Crippen MR) is 67.1 cm³/mol. The summed E-state index contributed by atoms with van der Waals surface area (Å²) >= 11 is 1.53. The summed E-state index contributed by atoms with van der Waals surface area (Å²) in [7, 11) is 1.87. The third-order valence-corrected chi connectivity index (χ3v) is 3.78. The van der Waals surface area contributed by atoms with E-state index in [2.05, 4.69) is 15.1 Å². The number of rotatable bonds is 5. The van der Waals surface area contributed by atoms with Gasteiger partial charge in [-0.15, -0.1) is 0 Å². The van der Waals surface area contributed by atoms with Crippen LogP contribution in [0.2, 0.25) is 0 Å². The quantitative estimate of drug-likeness (QED) is 0.832. The maximum absolute atomic E-state index is 9.11. The molecule has 2 rings (SSSR count). The van der Waals surface area contributed by atoms with Crippen molar-refractivity contribution in [2.45, 2.75) is 37.3 Å². The Bertz CT molecular complexity index is 523. The molecule has 7 heteroatoms. The summed E-state index contributed by atoms with van der Waals surface area (Å²) in [6, 6.07) is 0. The van der Waals surface area contributed by atoms with Crippen LogP contribution >= 0.6 is 11.8 Å². The van der Waals surface area contributed by atoms with E-state index < -0.39 is 0 Å². The fraction of sp³-hybridized carbons (Fsp3) is 0.545. The molecule has 0 bridgehead atoms. The second kappa shape index (κ2) is 5.53. The first-order chi connectivity index (χ1) is 8.65. The Balaban J connectivity index is 2.10. The van der Waals surface area contributed by atoms with Crippen molar-refractivity contribution < 1.29 is 9.63 Å². The van der Waals surface area contributed by atoms with E-state index in [9.17, 15) is 0 Å². The zero-order valence-corrected chi connectivity index (χ0v) is 11.4. The fourth-order valence-electron chi connectivity index (χ4n) is 1.47. The maximum atomic E-state index is 9.11. The summed E-state index contributed by atoms with van der Waals surface area (Å²) in [5, 5.41) is 13.8. The Kier molecular flexibility index (Phi) is 4.03. The zero-order chi connectivity index (χ0) is 13.1. The van der Waals surface area contributed by atoms with Crippen LogP contribution in [0.5, 0.6) is 0 Å². The lowest BCUT2D eigenvalue weighted by Crippen LogP contribution is -1.99. The normalized spacial score (nSPS) is 12.9. The molecule has 1 N–H and O–H groups in total. The molecule has 0 fully saturated rings. The van der Waals surface area contributed by atoms with Crippen LogP contribution in [0.25, 0.3) is 0 Å². The number of aromatic nitrogens is 4. The van der Waals surface area contributed by atoms with E-state index in [1.165, 1.54) is 11.8 Å². The van der Waals surface area contributed by atoms with E-state index in [1.807, 2.05) is 25.5 Å². The number of nitrogens with zero attached hydrogens (tertiary/aromatic N) is 4. The lowest BCUT2D eigenvalue weighted by Gasteiger charge is -2.07. The first kappa shape index (κ1) is 13.1. The minimum atomic E-state index is -0.0149. The molecule has 0 amide bonds. The van der Waals surface area contributed by atoms with E-state index in [0.717, 1.165) is 17.3 Å². The number of imidazole rings is 1. The summed E-state index contributed by atoms with van der Waals surface area (Å²) in [5.41, 5.74) is 0.782. The smallest absolute Gasteiger partial charge is 0.239 e. The first-order valence-corrected chi connectivity index (χ1v) is 6.64. The third-order valence-electron chi connectivity index (χ3n) is 2.63. The average molecular weight is 268 g/mol. The predicted octanol–water partition coefficient (Wildman–Crippen LogP) is 1.71. The molecule has 0 aliphatic carbocycles. The molecule has 0 saturated heterocycles. The molecule has 1 atom stereocenters. The Labute approximate surface area is 109 Å². The van der Waals surface area contributed by atoms with Crippen molar-refractivity contribution in [3.05, 3.63) is 23.6 Å². The average Bonchev–Trinajstić information content (AvgIpc) is 2.97. The van der Waals surface area contributed by atoms with Gasteiger partial charge in [0.05, 0.1) is 23.7 Å². The van der Waals surface area contributed by atoms with Crippen LogP contribution in [0.3, 0.4) is 0 Å². The molecular formula is C11H16N4O2S. The molecule has 0 saturated carbocycles. The second-order valence-electron chi connectivity index (χ2n) is 3.91. The minimum absolute atomic E-state index is 0.0149. The van der Waals surface area contributed by atoms with E-state index in [0.29, 0.717) is 11.7 Å². The van der Waals surface area contributed by atoms with E-state index in [4.69, 9.17) is 9.63 Å². The van der Waals surface area contributed by atoms with Crippen LogP contribution in [-0.2, 0) is 20.1 Å². The van der Waals surface area contributed by atoms with Gasteiger partial charge in [-0.1, -0.05) is 23.8 Å². The van der Waals surface area contributed by atoms with Gasteiger partial charge in [-0.25, -0.2) is 4.98 Å². The molecule has 0 radical (unpaired) electrons. The van der Waals surface area contributed by atoms with Crippen LogP contribution < -0.4 is 0 Å². The Morgan fingerprint density at radius 2 is 2.33 bits per heavy atom. The molecule has 0 aliphatic heterocycles. The summed E-state index contributed by atoms with van der Waals surface area (Å²) in [4.78, 5) is 8.55. The molecule has 0 aliphatic rings. The van der Waals surface area contributed by atoms with Gasteiger partial charge in [-0.3, -0.25) is 0 Å². The number of thioether (sulfide) groups is 1. The highest BCUT2D eigenvalue weighted by atomic mass is 32.2. The first-order valence-electron chi connectivity index (χ1n) is 5.76. The molecule has 0 spiro atoms. The monoisotopic (exact) mass is 268 g/mol. The summed E-state index contributed by atoms with van der Waals surface area (Å²) in [6.45, 7) is 3.96. The molecule has 0 unspecified atom stereocenters. The second-order valence-corrected chi connectivity index (χ2v) is 5.22. The van der Waals surface area contributed by atoms with Gasteiger partial charge in [-0.05, 0) is 6.92 Å². The molecule has 18 heavy (non-hydrogen) atoms. The standard InChI is InChI=1S/C11H16N4O2S/c1-4-9-13-10(17-14-9)7(2)18-11-12-5-8(6-16)15(11)3/h5,7,16H,4,6H2,1-3H3/t7-/m0/s1. The molecule has 2 aromatic heterocycles. The van der Waals surface area contributed by atoms with Crippen LogP contribution in [0.1, 0.15) is 36.5 Å². The minimum Gasteiger partial charge on any atom is -0.390 e. The molecule has 0 aromatic carbocycles. The highest BCUT2D eigenvalue weighted by Gasteiger charge is 2.18. The highest BCUT2D eigenvalue weighted by molar-refractivity contribution is 7.99. The zero-order valence-electron chi connectivity index (χ0n) is 10.6. The van der Waals surface area contributed by atoms with Gasteiger partial charge in [0, 0.05) is 13.5 Å². The van der Waals surface area contributed by atoms with E-state index in [-0.39, 0.29) is 11.9 Å². The van der Waals surface area contributed by atoms with Crippen LogP contribution in [0.15, 0.2) is 15.9 Å². The van der Waals surface area contributed by atoms with Crippen molar-refractivity contribution in [1.82, 2.24) is 19.7 Å². The topological polar surface area (TPSA) is 77.0 Å². The Hall–Kier alpha value is -1.34. The van der Waals surface area contributed by atoms with Gasteiger partial charge in [0.2, 0.25) is 5.89 Å². The fourth-order valence-corrected chi connectivity index (χ4v) is 2.37. The highest BCUT2D eigenvalue weighted by Crippen LogP contribution is 2.33. The third kappa shape index (κ3) is 2.56. The van der Waals surface area contributed by atoms with Crippen molar-refractivity contribution >= 4 is 11.8 Å². The van der Waals surface area contributed by atoms with Crippen LogP contribution in [0, 0.1) is 0 Å². The molecule has 2 heterocycles. The van der Waals surface area contributed by atoms with Gasteiger partial charge in [-0.2, -0.15) is 4.98 Å². The van der Waals surface area contributed by atoms with Crippen molar-refractivity contribution in [1.29, 1.82) is 0 Å². The van der Waals surface area contributed by atoms with Gasteiger partial charge in [0.1, 0.15) is 0 Å². The largest absolute Gasteiger partial charge is 0.390 e. The van der Waals surface area contributed by atoms with Crippen molar-refractivity contribution in [2.24, 2.45) is 7.05 Å². The maximum Gasteiger partial charge on any atom is 0.239 e. The Morgan fingerprint density at radius 3 is 2.89 bits per heavy atom. The van der Waals surface area contributed by atoms with E-state index >= 15 is 0 Å². The number of hydrogen-bond donors (Lipinski definition) is 1. The van der Waals surface area contributed by atoms with Crippen LogP contribution in [-0.4, -0.2) is 24.8 Å². The van der Waals surface area contributed by atoms with Gasteiger partial charge < -0.3 is 14.2 Å². The summed E-state index contributed by atoms with van der Waals surface area (Å²) in [6.07, 6.45) is 2.43. The van der Waals surface area contributed by atoms with Crippen molar-refractivity contribution in [3.8, 4) is 0 Å². The Morgan fingerprint density at radius 1 is 1.56 bits per heavy atom. The molecular weight excluding hydrogens is 252 g/mol. The van der Waals surface area contributed by atoms with Crippen LogP contribution in [0.4, 0.5) is 0 Å². The van der Waals surface area contributed by atoms with Crippen molar-refractivity contribution in [2.75, 3.05) is 0 Å². The molecule has 2 aromatic rings. The lowest BCUT2D eigenvalue weighted by molar-refractivity contribution is 0.271. The van der Waals surface area contributed by atoms with Crippen molar-refractivity contribution in [3.63, 3.8) is 0 Å². The molecule has 98 valence electrons. The summed E-state index contributed by atoms with van der Waals surface area (Å²) < 4.78 is 7.05. The van der Waals surface area contributed by atoms with E-state index in [1.54, 1.807) is 6.20 Å². The number of aryl methyl sites for hydroxylation is 1. The number of hydrogen-bond acceptors (Lipinski definition) is 6. The molecule has 6 nitrogen and oxygen atoms in total. The lowest BCUT2D eigenvalue weighted by atomic mass is 10.4.